The largest absolute Gasteiger partial charge is 0.497 e. The first-order valence-corrected chi connectivity index (χ1v) is 6.47. The number of ether oxygens (including phenoxy) is 1. The van der Waals surface area contributed by atoms with E-state index >= 15 is 0 Å². The zero-order valence-electron chi connectivity index (χ0n) is 11.7. The molecule has 0 bridgehead atoms. The molecule has 0 aliphatic rings. The molecule has 1 amide bonds. The number of benzene rings is 2. The van der Waals surface area contributed by atoms with Crippen molar-refractivity contribution in [1.29, 1.82) is 0 Å². The minimum atomic E-state index is -0.168. The predicted molar refractivity (Wildman–Crippen MR) is 83.3 cm³/mol. The van der Waals surface area contributed by atoms with Crippen LogP contribution >= 0.6 is 0 Å². The second-order valence-corrected chi connectivity index (χ2v) is 4.27. The van der Waals surface area contributed by atoms with Crippen molar-refractivity contribution in [2.75, 3.05) is 19.0 Å². The maximum absolute atomic E-state index is 12.1. The average Bonchev–Trinajstić information content (AvgIpc) is 2.54. The highest BCUT2D eigenvalue weighted by Crippen LogP contribution is 2.16. The van der Waals surface area contributed by atoms with Gasteiger partial charge in [-0.05, 0) is 48.5 Å². The van der Waals surface area contributed by atoms with Crippen molar-refractivity contribution in [2.24, 2.45) is 5.73 Å². The number of rotatable bonds is 3. The van der Waals surface area contributed by atoms with E-state index in [0.29, 0.717) is 17.8 Å². The van der Waals surface area contributed by atoms with Crippen LogP contribution in [0.25, 0.3) is 0 Å². The molecular formula is C17H16N2O2. The van der Waals surface area contributed by atoms with Gasteiger partial charge in [0.05, 0.1) is 13.7 Å². The normalized spacial score (nSPS) is 9.43. The van der Waals surface area contributed by atoms with Gasteiger partial charge < -0.3 is 15.8 Å². The third-order valence-corrected chi connectivity index (χ3v) is 2.83. The number of hydrogen-bond donors (Lipinski definition) is 2. The zero-order valence-corrected chi connectivity index (χ0v) is 11.7. The summed E-state index contributed by atoms with van der Waals surface area (Å²) in [5.41, 5.74) is 7.44. The molecule has 0 atom stereocenters. The molecule has 3 N–H and O–H groups in total. The molecule has 0 unspecified atom stereocenters. The summed E-state index contributed by atoms with van der Waals surface area (Å²) in [6, 6.07) is 14.2. The van der Waals surface area contributed by atoms with Crippen LogP contribution in [0.3, 0.4) is 0 Å². The Labute approximate surface area is 123 Å². The second kappa shape index (κ2) is 7.13. The highest BCUT2D eigenvalue weighted by molar-refractivity contribution is 6.04. The highest BCUT2D eigenvalue weighted by Gasteiger charge is 2.05. The first kappa shape index (κ1) is 14.6. The third-order valence-electron chi connectivity index (χ3n) is 2.83. The van der Waals surface area contributed by atoms with Crippen LogP contribution in [0.1, 0.15) is 15.9 Å². The maximum atomic E-state index is 12.1. The van der Waals surface area contributed by atoms with Gasteiger partial charge in [-0.2, -0.15) is 0 Å². The van der Waals surface area contributed by atoms with Gasteiger partial charge in [-0.1, -0.05) is 11.8 Å². The molecule has 0 aliphatic heterocycles. The number of methoxy groups -OCH3 is 1. The standard InChI is InChI=1S/C17H16N2O2/c1-21-16-10-8-15(9-11-16)19-17(20)14-6-4-13(5-7-14)3-2-12-18/h4-11H,12,18H2,1H3,(H,19,20). The number of hydrogen-bond acceptors (Lipinski definition) is 3. The van der Waals surface area contributed by atoms with E-state index in [1.54, 1.807) is 55.6 Å². The van der Waals surface area contributed by atoms with Crippen molar-refractivity contribution >= 4 is 11.6 Å². The molecule has 0 saturated heterocycles. The number of nitrogens with one attached hydrogen (secondary N) is 1. The number of amides is 1. The van der Waals surface area contributed by atoms with Gasteiger partial charge in [0.2, 0.25) is 0 Å². The van der Waals surface area contributed by atoms with Gasteiger partial charge in [-0.3, -0.25) is 4.79 Å². The molecule has 0 aliphatic carbocycles. The van der Waals surface area contributed by atoms with Gasteiger partial charge in [0, 0.05) is 16.8 Å². The third kappa shape index (κ3) is 4.10. The maximum Gasteiger partial charge on any atom is 0.255 e. The van der Waals surface area contributed by atoms with Gasteiger partial charge in [0.15, 0.2) is 0 Å². The van der Waals surface area contributed by atoms with Crippen molar-refractivity contribution in [2.45, 2.75) is 0 Å². The molecule has 2 aromatic rings. The smallest absolute Gasteiger partial charge is 0.255 e. The summed E-state index contributed by atoms with van der Waals surface area (Å²) in [7, 11) is 1.60. The fourth-order valence-electron chi connectivity index (χ4n) is 1.74. The predicted octanol–water partition coefficient (Wildman–Crippen LogP) is 2.26. The van der Waals surface area contributed by atoms with Crippen LogP contribution in [0, 0.1) is 11.8 Å². The van der Waals surface area contributed by atoms with Crippen LogP contribution in [-0.4, -0.2) is 19.6 Å². The van der Waals surface area contributed by atoms with Crippen LogP contribution in [-0.2, 0) is 0 Å². The summed E-state index contributed by atoms with van der Waals surface area (Å²) in [6.45, 7) is 0.319. The highest BCUT2D eigenvalue weighted by atomic mass is 16.5. The zero-order chi connectivity index (χ0) is 15.1. The van der Waals surface area contributed by atoms with Crippen LogP contribution in [0.4, 0.5) is 5.69 Å². The number of carbonyl (C=O) groups excluding carboxylic acids is 1. The van der Waals surface area contributed by atoms with Gasteiger partial charge in [-0.15, -0.1) is 0 Å². The topological polar surface area (TPSA) is 64.3 Å². The first-order valence-electron chi connectivity index (χ1n) is 6.47. The lowest BCUT2D eigenvalue weighted by atomic mass is 10.1. The Hall–Kier alpha value is -2.77. The Bertz CT molecular complexity index is 665. The molecule has 0 aromatic heterocycles. The number of carbonyl (C=O) groups is 1. The Morgan fingerprint density at radius 2 is 1.81 bits per heavy atom. The van der Waals surface area contributed by atoms with Crippen LogP contribution in [0.5, 0.6) is 5.75 Å². The fourth-order valence-corrected chi connectivity index (χ4v) is 1.74. The van der Waals surface area contributed by atoms with Gasteiger partial charge in [0.1, 0.15) is 5.75 Å². The molecule has 4 nitrogen and oxygen atoms in total. The number of nitrogens with two attached hydrogens (primary N) is 1. The first-order chi connectivity index (χ1) is 10.2. The molecule has 4 heteroatoms. The quantitative estimate of drug-likeness (QED) is 0.848. The Morgan fingerprint density at radius 3 is 2.38 bits per heavy atom. The SMILES string of the molecule is COc1ccc(NC(=O)c2ccc(C#CCN)cc2)cc1. The van der Waals surface area contributed by atoms with E-state index in [4.69, 9.17) is 10.5 Å². The van der Waals surface area contributed by atoms with Crippen molar-refractivity contribution in [3.8, 4) is 17.6 Å². The fraction of sp³-hybridized carbons (Fsp3) is 0.118. The molecule has 0 saturated carbocycles. The lowest BCUT2D eigenvalue weighted by Crippen LogP contribution is -2.11. The van der Waals surface area contributed by atoms with Gasteiger partial charge in [-0.25, -0.2) is 0 Å². The second-order valence-electron chi connectivity index (χ2n) is 4.27. The summed E-state index contributed by atoms with van der Waals surface area (Å²) < 4.78 is 5.07. The Morgan fingerprint density at radius 1 is 1.14 bits per heavy atom. The lowest BCUT2D eigenvalue weighted by Gasteiger charge is -2.06. The van der Waals surface area contributed by atoms with E-state index < -0.39 is 0 Å². The Kier molecular flexibility index (Phi) is 4.97. The summed E-state index contributed by atoms with van der Waals surface area (Å²) >= 11 is 0. The van der Waals surface area contributed by atoms with E-state index in [2.05, 4.69) is 17.2 Å². The van der Waals surface area contributed by atoms with Crippen molar-refractivity contribution in [1.82, 2.24) is 0 Å². The summed E-state index contributed by atoms with van der Waals surface area (Å²) in [4.78, 5) is 12.1. The Balaban J connectivity index is 2.05. The lowest BCUT2D eigenvalue weighted by molar-refractivity contribution is 0.102. The van der Waals surface area contributed by atoms with Gasteiger partial charge in [0.25, 0.3) is 5.91 Å². The molecular weight excluding hydrogens is 264 g/mol. The van der Waals surface area contributed by atoms with Crippen molar-refractivity contribution in [3.63, 3.8) is 0 Å². The van der Waals surface area contributed by atoms with Crippen LogP contribution in [0.2, 0.25) is 0 Å². The minimum absolute atomic E-state index is 0.168. The molecule has 2 rings (SSSR count). The van der Waals surface area contributed by atoms with E-state index in [9.17, 15) is 4.79 Å². The molecule has 21 heavy (non-hydrogen) atoms. The van der Waals surface area contributed by atoms with E-state index in [1.165, 1.54) is 0 Å². The molecule has 0 spiro atoms. The average molecular weight is 280 g/mol. The summed E-state index contributed by atoms with van der Waals surface area (Å²) in [5, 5.41) is 2.82. The van der Waals surface area contributed by atoms with Crippen molar-refractivity contribution in [3.05, 3.63) is 59.7 Å². The molecule has 0 fully saturated rings. The van der Waals surface area contributed by atoms with Crippen molar-refractivity contribution < 1.29 is 9.53 Å². The molecule has 0 heterocycles. The minimum Gasteiger partial charge on any atom is -0.497 e. The summed E-state index contributed by atoms with van der Waals surface area (Å²) in [6.07, 6.45) is 0. The van der Waals surface area contributed by atoms with Crippen LogP contribution < -0.4 is 15.8 Å². The van der Waals surface area contributed by atoms with Crippen LogP contribution in [0.15, 0.2) is 48.5 Å². The molecule has 2 aromatic carbocycles. The monoisotopic (exact) mass is 280 g/mol. The van der Waals surface area contributed by atoms with E-state index in [0.717, 1.165) is 11.3 Å². The van der Waals surface area contributed by atoms with E-state index in [-0.39, 0.29) is 5.91 Å². The van der Waals surface area contributed by atoms with Gasteiger partial charge >= 0.3 is 0 Å². The van der Waals surface area contributed by atoms with E-state index in [1.807, 2.05) is 0 Å². The summed E-state index contributed by atoms with van der Waals surface area (Å²) in [5.74, 6) is 6.26. The molecule has 106 valence electrons. The number of anilines is 1. The molecule has 0 radical (unpaired) electrons.